The van der Waals surface area contributed by atoms with Crippen LogP contribution in [0.25, 0.3) is 5.69 Å². The number of urea groups is 1. The van der Waals surface area contributed by atoms with E-state index in [1.165, 1.54) is 12.8 Å². The van der Waals surface area contributed by atoms with Crippen LogP contribution in [-0.4, -0.2) is 43.2 Å². The Morgan fingerprint density at radius 3 is 2.75 bits per heavy atom. The lowest BCUT2D eigenvalue weighted by Crippen LogP contribution is -2.44. The highest BCUT2D eigenvalue weighted by molar-refractivity contribution is 5.90. The van der Waals surface area contributed by atoms with Gasteiger partial charge in [0, 0.05) is 17.8 Å². The number of benzene rings is 1. The summed E-state index contributed by atoms with van der Waals surface area (Å²) in [6.07, 6.45) is 6.28. The average molecular weight is 326 g/mol. The summed E-state index contributed by atoms with van der Waals surface area (Å²) in [5.74, 6) is 0.672. The topological polar surface area (TPSA) is 75.9 Å². The van der Waals surface area contributed by atoms with Crippen LogP contribution in [0.3, 0.4) is 0 Å². The molecule has 7 heteroatoms. The van der Waals surface area contributed by atoms with Crippen LogP contribution in [0.2, 0.25) is 0 Å². The maximum absolute atomic E-state index is 12.8. The molecule has 4 rings (SSSR count). The van der Waals surface area contributed by atoms with Gasteiger partial charge in [-0.3, -0.25) is 0 Å². The molecule has 2 fully saturated rings. The highest BCUT2D eigenvalue weighted by Crippen LogP contribution is 2.40. The van der Waals surface area contributed by atoms with E-state index < -0.39 is 0 Å². The Kier molecular flexibility index (Phi) is 3.70. The molecule has 0 aliphatic heterocycles. The number of hydrogen-bond acceptors (Lipinski definition) is 4. The molecule has 2 aliphatic rings. The second kappa shape index (κ2) is 5.89. The monoisotopic (exact) mass is 326 g/mol. The van der Waals surface area contributed by atoms with Gasteiger partial charge >= 0.3 is 6.03 Å². The summed E-state index contributed by atoms with van der Waals surface area (Å²) in [5, 5.41) is 14.3. The van der Waals surface area contributed by atoms with Crippen molar-refractivity contribution in [1.82, 2.24) is 25.1 Å². The summed E-state index contributed by atoms with van der Waals surface area (Å²) in [4.78, 5) is 14.9. The van der Waals surface area contributed by atoms with E-state index in [0.29, 0.717) is 18.0 Å². The standard InChI is InChI=1S/C17H22N6O/c1-11-3-6-14(9-16(11)22-10-18-20-21-22)19-17(24)23(15-7-8-15)12(2)13-4-5-13/h3,6,9-10,12-13,15H,4-5,7-8H2,1-2H3,(H,19,24)/t12-/m0/s1. The zero-order valence-corrected chi connectivity index (χ0v) is 14.0. The molecule has 0 radical (unpaired) electrons. The molecule has 24 heavy (non-hydrogen) atoms. The molecule has 1 aromatic carbocycles. The van der Waals surface area contributed by atoms with Crippen LogP contribution in [0.5, 0.6) is 0 Å². The molecule has 1 aromatic heterocycles. The van der Waals surface area contributed by atoms with Crippen molar-refractivity contribution in [2.45, 2.75) is 51.6 Å². The minimum atomic E-state index is 0.00317. The minimum absolute atomic E-state index is 0.00317. The van der Waals surface area contributed by atoms with Gasteiger partial charge in [-0.15, -0.1) is 5.10 Å². The first-order valence-electron chi connectivity index (χ1n) is 8.57. The SMILES string of the molecule is Cc1ccc(NC(=O)N(C2CC2)[C@@H](C)C2CC2)cc1-n1cnnn1. The lowest BCUT2D eigenvalue weighted by atomic mass is 10.1. The van der Waals surface area contributed by atoms with Crippen LogP contribution in [0, 0.1) is 12.8 Å². The second-order valence-corrected chi connectivity index (χ2v) is 6.90. The number of carbonyl (C=O) groups is 1. The minimum Gasteiger partial charge on any atom is -0.319 e. The van der Waals surface area contributed by atoms with Gasteiger partial charge in [-0.1, -0.05) is 6.07 Å². The third-order valence-electron chi connectivity index (χ3n) is 4.97. The highest BCUT2D eigenvalue weighted by atomic mass is 16.2. The number of tetrazole rings is 1. The van der Waals surface area contributed by atoms with Crippen molar-refractivity contribution < 1.29 is 4.79 Å². The van der Waals surface area contributed by atoms with Gasteiger partial charge in [0.2, 0.25) is 0 Å². The number of rotatable bonds is 5. The third-order valence-corrected chi connectivity index (χ3v) is 4.97. The number of anilines is 1. The van der Waals surface area contributed by atoms with Crippen molar-refractivity contribution in [3.63, 3.8) is 0 Å². The molecule has 126 valence electrons. The maximum atomic E-state index is 12.8. The van der Waals surface area contributed by atoms with E-state index in [9.17, 15) is 4.79 Å². The van der Waals surface area contributed by atoms with E-state index in [1.807, 2.05) is 30.0 Å². The molecular weight excluding hydrogens is 304 g/mol. The molecule has 0 unspecified atom stereocenters. The van der Waals surface area contributed by atoms with Gasteiger partial charge in [-0.05, 0) is 73.6 Å². The van der Waals surface area contributed by atoms with Crippen LogP contribution < -0.4 is 5.32 Å². The molecule has 2 saturated carbocycles. The Morgan fingerprint density at radius 1 is 1.33 bits per heavy atom. The maximum Gasteiger partial charge on any atom is 0.322 e. The molecule has 7 nitrogen and oxygen atoms in total. The molecular formula is C17H22N6O. The summed E-state index contributed by atoms with van der Waals surface area (Å²) in [6.45, 7) is 4.17. The zero-order valence-electron chi connectivity index (χ0n) is 14.0. The first kappa shape index (κ1) is 15.1. The molecule has 2 amide bonds. The summed E-state index contributed by atoms with van der Waals surface area (Å²) in [5.41, 5.74) is 2.68. The second-order valence-electron chi connectivity index (χ2n) is 6.90. The van der Waals surface area contributed by atoms with Gasteiger partial charge in [0.1, 0.15) is 6.33 Å². The van der Waals surface area contributed by atoms with E-state index in [0.717, 1.165) is 29.8 Å². The Hall–Kier alpha value is -2.44. The summed E-state index contributed by atoms with van der Waals surface area (Å²) >= 11 is 0. The molecule has 0 spiro atoms. The first-order chi connectivity index (χ1) is 11.6. The molecule has 1 heterocycles. The number of carbonyl (C=O) groups excluding carboxylic acids is 1. The number of aryl methyl sites for hydroxylation is 1. The van der Waals surface area contributed by atoms with Crippen molar-refractivity contribution in [1.29, 1.82) is 0 Å². The van der Waals surface area contributed by atoms with Gasteiger partial charge in [0.05, 0.1) is 5.69 Å². The fourth-order valence-corrected chi connectivity index (χ4v) is 3.24. The summed E-state index contributed by atoms with van der Waals surface area (Å²) < 4.78 is 1.61. The molecule has 0 bridgehead atoms. The van der Waals surface area contributed by atoms with Crippen LogP contribution in [-0.2, 0) is 0 Å². The third kappa shape index (κ3) is 2.98. The van der Waals surface area contributed by atoms with Gasteiger partial charge in [-0.2, -0.15) is 0 Å². The number of hydrogen-bond donors (Lipinski definition) is 1. The first-order valence-corrected chi connectivity index (χ1v) is 8.57. The molecule has 0 saturated heterocycles. The average Bonchev–Trinajstić information content (AvgIpc) is 3.49. The lowest BCUT2D eigenvalue weighted by molar-refractivity contribution is 0.180. The van der Waals surface area contributed by atoms with Crippen molar-refractivity contribution in [2.24, 2.45) is 5.92 Å². The number of nitrogens with zero attached hydrogens (tertiary/aromatic N) is 5. The molecule has 2 aliphatic carbocycles. The van der Waals surface area contributed by atoms with Gasteiger partial charge in [-0.25, -0.2) is 9.48 Å². The van der Waals surface area contributed by atoms with Crippen molar-refractivity contribution >= 4 is 11.7 Å². The van der Waals surface area contributed by atoms with Gasteiger partial charge in [0.25, 0.3) is 0 Å². The predicted molar refractivity (Wildman–Crippen MR) is 90.0 cm³/mol. The smallest absolute Gasteiger partial charge is 0.319 e. The fraction of sp³-hybridized carbons (Fsp3) is 0.529. The Labute approximate surface area is 141 Å². The molecule has 2 aromatic rings. The van der Waals surface area contributed by atoms with E-state index in [4.69, 9.17) is 0 Å². The normalized spacial score (nSPS) is 18.2. The molecule has 1 atom stereocenters. The largest absolute Gasteiger partial charge is 0.322 e. The zero-order chi connectivity index (χ0) is 16.7. The van der Waals surface area contributed by atoms with Crippen molar-refractivity contribution in [2.75, 3.05) is 5.32 Å². The van der Waals surface area contributed by atoms with Crippen LogP contribution >= 0.6 is 0 Å². The quantitative estimate of drug-likeness (QED) is 0.916. The molecule has 1 N–H and O–H groups in total. The van der Waals surface area contributed by atoms with E-state index in [2.05, 4.69) is 27.8 Å². The van der Waals surface area contributed by atoms with Crippen LogP contribution in [0.15, 0.2) is 24.5 Å². The van der Waals surface area contributed by atoms with E-state index in [-0.39, 0.29) is 6.03 Å². The predicted octanol–water partition coefficient (Wildman–Crippen LogP) is 2.77. The summed E-state index contributed by atoms with van der Waals surface area (Å²) in [7, 11) is 0. The Balaban J connectivity index is 1.53. The summed E-state index contributed by atoms with van der Waals surface area (Å²) in [6, 6.07) is 6.54. The van der Waals surface area contributed by atoms with Crippen LogP contribution in [0.4, 0.5) is 10.5 Å². The number of amides is 2. The highest BCUT2D eigenvalue weighted by Gasteiger charge is 2.41. The van der Waals surface area contributed by atoms with Crippen molar-refractivity contribution in [3.8, 4) is 5.69 Å². The number of nitrogens with one attached hydrogen (secondary N) is 1. The van der Waals surface area contributed by atoms with E-state index >= 15 is 0 Å². The van der Waals surface area contributed by atoms with E-state index in [1.54, 1.807) is 11.0 Å². The lowest BCUT2D eigenvalue weighted by Gasteiger charge is -2.29. The fourth-order valence-electron chi connectivity index (χ4n) is 3.24. The van der Waals surface area contributed by atoms with Gasteiger partial charge in [0.15, 0.2) is 0 Å². The van der Waals surface area contributed by atoms with Gasteiger partial charge < -0.3 is 10.2 Å². The Morgan fingerprint density at radius 2 is 2.12 bits per heavy atom. The van der Waals surface area contributed by atoms with Crippen molar-refractivity contribution in [3.05, 3.63) is 30.1 Å². The Bertz CT molecular complexity index is 736. The number of aromatic nitrogens is 4. The van der Waals surface area contributed by atoms with Crippen LogP contribution in [0.1, 0.15) is 38.2 Å².